The van der Waals surface area contributed by atoms with E-state index in [1.165, 1.54) is 0 Å². The van der Waals surface area contributed by atoms with Gasteiger partial charge in [0.1, 0.15) is 0 Å². The topological polar surface area (TPSA) is 77.7 Å². The summed E-state index contributed by atoms with van der Waals surface area (Å²) in [5, 5.41) is 2.36. The van der Waals surface area contributed by atoms with E-state index in [9.17, 15) is 9.59 Å². The van der Waals surface area contributed by atoms with E-state index >= 15 is 0 Å². The lowest BCUT2D eigenvalue weighted by molar-refractivity contribution is -0.122. The Morgan fingerprint density at radius 2 is 0.950 bits per heavy atom. The molecular formula is C16H13NO3. The smallest absolute Gasteiger partial charge is 0.259 e. The number of nitrogens with one attached hydrogen (secondary N) is 1. The third-order valence-electron chi connectivity index (χ3n) is 3.06. The SMILES string of the molecule is O.O=C1NC(=O)C(c2ccccc2)=C1c1ccccc1. The summed E-state index contributed by atoms with van der Waals surface area (Å²) in [7, 11) is 0. The fourth-order valence-electron chi connectivity index (χ4n) is 2.22. The van der Waals surface area contributed by atoms with E-state index in [4.69, 9.17) is 0 Å². The Morgan fingerprint density at radius 1 is 0.600 bits per heavy atom. The van der Waals surface area contributed by atoms with Gasteiger partial charge < -0.3 is 5.48 Å². The van der Waals surface area contributed by atoms with Crippen LogP contribution in [0.15, 0.2) is 60.7 Å². The van der Waals surface area contributed by atoms with Crippen molar-refractivity contribution in [2.45, 2.75) is 0 Å². The van der Waals surface area contributed by atoms with E-state index < -0.39 is 0 Å². The summed E-state index contributed by atoms with van der Waals surface area (Å²) in [4.78, 5) is 24.0. The molecule has 1 aliphatic heterocycles. The van der Waals surface area contributed by atoms with Gasteiger partial charge in [-0.2, -0.15) is 0 Å². The number of imide groups is 1. The molecule has 0 unspecified atom stereocenters. The highest BCUT2D eigenvalue weighted by Gasteiger charge is 2.31. The van der Waals surface area contributed by atoms with Crippen LogP contribution in [0.3, 0.4) is 0 Å². The largest absolute Gasteiger partial charge is 0.412 e. The van der Waals surface area contributed by atoms with Crippen LogP contribution in [-0.4, -0.2) is 17.3 Å². The zero-order chi connectivity index (χ0) is 13.2. The lowest BCUT2D eigenvalue weighted by atomic mass is 9.96. The van der Waals surface area contributed by atoms with Crippen LogP contribution >= 0.6 is 0 Å². The summed E-state index contributed by atoms with van der Waals surface area (Å²) in [6, 6.07) is 18.5. The maximum absolute atomic E-state index is 12.0. The number of rotatable bonds is 2. The Bertz CT molecular complexity index is 616. The molecule has 2 amide bonds. The predicted octanol–water partition coefficient (Wildman–Crippen LogP) is 1.43. The fourth-order valence-corrected chi connectivity index (χ4v) is 2.22. The molecule has 2 aromatic rings. The molecule has 3 N–H and O–H groups in total. The van der Waals surface area contributed by atoms with Crippen molar-refractivity contribution in [1.82, 2.24) is 5.32 Å². The van der Waals surface area contributed by atoms with Gasteiger partial charge in [-0.1, -0.05) is 60.7 Å². The summed E-state index contributed by atoms with van der Waals surface area (Å²) >= 11 is 0. The van der Waals surface area contributed by atoms with Gasteiger partial charge >= 0.3 is 0 Å². The Morgan fingerprint density at radius 3 is 1.30 bits per heavy atom. The van der Waals surface area contributed by atoms with Crippen LogP contribution in [-0.2, 0) is 9.59 Å². The molecule has 100 valence electrons. The number of amides is 2. The second kappa shape index (κ2) is 5.50. The van der Waals surface area contributed by atoms with Gasteiger partial charge in [-0.05, 0) is 11.1 Å². The molecule has 0 fully saturated rings. The highest BCUT2D eigenvalue weighted by molar-refractivity contribution is 6.49. The van der Waals surface area contributed by atoms with E-state index in [-0.39, 0.29) is 17.3 Å². The number of benzene rings is 2. The molecule has 0 radical (unpaired) electrons. The van der Waals surface area contributed by atoms with E-state index in [2.05, 4.69) is 5.32 Å². The Kier molecular flexibility index (Phi) is 3.77. The van der Waals surface area contributed by atoms with Crippen LogP contribution < -0.4 is 5.32 Å². The highest BCUT2D eigenvalue weighted by atomic mass is 16.2. The molecular weight excluding hydrogens is 254 g/mol. The predicted molar refractivity (Wildman–Crippen MR) is 76.5 cm³/mol. The van der Waals surface area contributed by atoms with Crippen molar-refractivity contribution in [3.8, 4) is 0 Å². The summed E-state index contributed by atoms with van der Waals surface area (Å²) in [6.45, 7) is 0. The molecule has 2 aromatic carbocycles. The zero-order valence-electron chi connectivity index (χ0n) is 10.6. The lowest BCUT2D eigenvalue weighted by Crippen LogP contribution is -2.22. The second-order valence-corrected chi connectivity index (χ2v) is 4.27. The third-order valence-corrected chi connectivity index (χ3v) is 3.06. The van der Waals surface area contributed by atoms with Gasteiger partial charge in [0.2, 0.25) is 0 Å². The molecule has 0 atom stereocenters. The standard InChI is InChI=1S/C16H11NO2.H2O/c18-15-13(11-7-3-1-4-8-11)14(16(19)17-15)12-9-5-2-6-10-12;/h1-10H,(H,17,18,19);1H2. The minimum Gasteiger partial charge on any atom is -0.412 e. The Balaban J connectivity index is 0.00000147. The van der Waals surface area contributed by atoms with Gasteiger partial charge in [-0.3, -0.25) is 14.9 Å². The fraction of sp³-hybridized carbons (Fsp3) is 0. The van der Waals surface area contributed by atoms with Gasteiger partial charge in [0.05, 0.1) is 11.1 Å². The van der Waals surface area contributed by atoms with Crippen molar-refractivity contribution in [2.24, 2.45) is 0 Å². The number of hydrogen-bond donors (Lipinski definition) is 1. The van der Waals surface area contributed by atoms with Crippen LogP contribution in [0, 0.1) is 0 Å². The average Bonchev–Trinajstić information content (AvgIpc) is 2.75. The first-order chi connectivity index (χ1) is 9.27. The average molecular weight is 267 g/mol. The van der Waals surface area contributed by atoms with Gasteiger partial charge in [-0.25, -0.2) is 0 Å². The molecule has 20 heavy (non-hydrogen) atoms. The first kappa shape index (κ1) is 13.7. The van der Waals surface area contributed by atoms with Crippen LogP contribution in [0.2, 0.25) is 0 Å². The van der Waals surface area contributed by atoms with E-state index in [0.717, 1.165) is 11.1 Å². The Labute approximate surface area is 116 Å². The van der Waals surface area contributed by atoms with E-state index in [1.54, 1.807) is 0 Å². The highest BCUT2D eigenvalue weighted by Crippen LogP contribution is 2.30. The quantitative estimate of drug-likeness (QED) is 0.835. The van der Waals surface area contributed by atoms with Gasteiger partial charge in [0.15, 0.2) is 0 Å². The zero-order valence-corrected chi connectivity index (χ0v) is 10.6. The molecule has 0 spiro atoms. The maximum atomic E-state index is 12.0. The molecule has 4 heteroatoms. The third kappa shape index (κ3) is 2.24. The molecule has 1 heterocycles. The van der Waals surface area contributed by atoms with Gasteiger partial charge in [0.25, 0.3) is 11.8 Å². The first-order valence-electron chi connectivity index (χ1n) is 5.98. The number of carbonyl (C=O) groups excluding carboxylic acids is 2. The van der Waals surface area contributed by atoms with Crippen molar-refractivity contribution in [2.75, 3.05) is 0 Å². The van der Waals surface area contributed by atoms with Crippen molar-refractivity contribution in [3.05, 3.63) is 71.8 Å². The van der Waals surface area contributed by atoms with Crippen LogP contribution in [0.25, 0.3) is 11.1 Å². The minimum absolute atomic E-state index is 0. The lowest BCUT2D eigenvalue weighted by Gasteiger charge is -2.04. The number of hydrogen-bond acceptors (Lipinski definition) is 2. The van der Waals surface area contributed by atoms with Crippen LogP contribution in [0.4, 0.5) is 0 Å². The molecule has 3 rings (SSSR count). The van der Waals surface area contributed by atoms with E-state index in [0.29, 0.717) is 11.1 Å². The van der Waals surface area contributed by atoms with Crippen molar-refractivity contribution < 1.29 is 15.1 Å². The van der Waals surface area contributed by atoms with Crippen molar-refractivity contribution in [1.29, 1.82) is 0 Å². The molecule has 0 saturated heterocycles. The molecule has 0 aliphatic carbocycles. The summed E-state index contributed by atoms with van der Waals surface area (Å²) in [5.74, 6) is -0.676. The summed E-state index contributed by atoms with van der Waals surface area (Å²) < 4.78 is 0. The van der Waals surface area contributed by atoms with E-state index in [1.807, 2.05) is 60.7 Å². The van der Waals surface area contributed by atoms with Gasteiger partial charge in [-0.15, -0.1) is 0 Å². The number of carbonyl (C=O) groups is 2. The molecule has 1 aliphatic rings. The first-order valence-corrected chi connectivity index (χ1v) is 5.98. The monoisotopic (exact) mass is 267 g/mol. The van der Waals surface area contributed by atoms with Crippen molar-refractivity contribution >= 4 is 23.0 Å². The van der Waals surface area contributed by atoms with Crippen molar-refractivity contribution in [3.63, 3.8) is 0 Å². The summed E-state index contributed by atoms with van der Waals surface area (Å²) in [5.41, 5.74) is 2.39. The Hall–Kier alpha value is -2.72. The van der Waals surface area contributed by atoms with Crippen LogP contribution in [0.1, 0.15) is 11.1 Å². The molecule has 0 saturated carbocycles. The maximum Gasteiger partial charge on any atom is 0.259 e. The minimum atomic E-state index is -0.338. The van der Waals surface area contributed by atoms with Crippen LogP contribution in [0.5, 0.6) is 0 Å². The summed E-state index contributed by atoms with van der Waals surface area (Å²) in [6.07, 6.45) is 0. The van der Waals surface area contributed by atoms with Gasteiger partial charge in [0, 0.05) is 0 Å². The molecule has 0 bridgehead atoms. The normalized spacial score (nSPS) is 14.0. The molecule has 0 aromatic heterocycles. The second-order valence-electron chi connectivity index (χ2n) is 4.27. The molecule has 4 nitrogen and oxygen atoms in total.